The molecule has 2 unspecified atom stereocenters. The highest BCUT2D eigenvalue weighted by Crippen LogP contribution is 2.17. The van der Waals surface area contributed by atoms with Gasteiger partial charge in [-0.1, -0.05) is 311 Å². The quantitative estimate of drug-likeness (QED) is 0.0420. The van der Waals surface area contributed by atoms with Gasteiger partial charge in [-0.15, -0.1) is 0 Å². The van der Waals surface area contributed by atoms with Crippen molar-refractivity contribution in [2.24, 2.45) is 0 Å². The lowest BCUT2D eigenvalue weighted by molar-refractivity contribution is -0.123. The Morgan fingerprint density at radius 3 is 0.915 bits per heavy atom. The fourth-order valence-corrected chi connectivity index (χ4v) is 9.57. The molecule has 0 saturated heterocycles. The van der Waals surface area contributed by atoms with Gasteiger partial charge in [0.15, 0.2) is 0 Å². The number of unbranched alkanes of at least 4 members (excludes halogenated alkanes) is 41. The van der Waals surface area contributed by atoms with Gasteiger partial charge in [-0.05, 0) is 83.5 Å². The van der Waals surface area contributed by atoms with Crippen molar-refractivity contribution in [3.8, 4) is 0 Å². The zero-order valence-corrected chi connectivity index (χ0v) is 47.7. The fourth-order valence-electron chi connectivity index (χ4n) is 9.57. The summed E-state index contributed by atoms with van der Waals surface area (Å²) in [4.78, 5) is 12.5. The molecule has 0 aliphatic rings. The molecule has 0 rings (SSSR count). The fraction of sp³-hybridized carbons (Fsp3) is 0.806. The number of allylic oxidation sites excluding steroid dienone is 11. The molecule has 414 valence electrons. The van der Waals surface area contributed by atoms with E-state index in [0.29, 0.717) is 6.42 Å². The second-order valence-electron chi connectivity index (χ2n) is 21.5. The second kappa shape index (κ2) is 62.1. The summed E-state index contributed by atoms with van der Waals surface area (Å²) in [6.45, 7) is 4.31. The average Bonchev–Trinajstić information content (AvgIpc) is 3.37. The maximum absolute atomic E-state index is 12.5. The average molecular weight is 991 g/mol. The van der Waals surface area contributed by atoms with E-state index in [-0.39, 0.29) is 12.5 Å². The van der Waals surface area contributed by atoms with Crippen LogP contribution in [0.3, 0.4) is 0 Å². The van der Waals surface area contributed by atoms with Crippen LogP contribution in [0.4, 0.5) is 0 Å². The van der Waals surface area contributed by atoms with E-state index >= 15 is 0 Å². The van der Waals surface area contributed by atoms with Crippen LogP contribution in [0.25, 0.3) is 0 Å². The molecule has 0 radical (unpaired) electrons. The van der Waals surface area contributed by atoms with Crippen molar-refractivity contribution < 1.29 is 15.0 Å². The summed E-state index contributed by atoms with van der Waals surface area (Å²) < 4.78 is 0. The molecule has 0 aromatic heterocycles. The van der Waals surface area contributed by atoms with Crippen molar-refractivity contribution in [1.29, 1.82) is 0 Å². The third-order valence-corrected chi connectivity index (χ3v) is 14.4. The van der Waals surface area contributed by atoms with Crippen LogP contribution in [0.15, 0.2) is 72.9 Å². The summed E-state index contributed by atoms with van der Waals surface area (Å²) in [6.07, 6.45) is 89.6. The predicted molar refractivity (Wildman–Crippen MR) is 317 cm³/mol. The SMILES string of the molecule is CCCCCCC/C=C\C/C=C\C/C=C\CCCCCCCCCCCCCCC(=O)NC(CO)C(O)/C=C/CC/C=C/CC/C=C/CCCCCCCCCCCCCCCCCCCCCCCC. The van der Waals surface area contributed by atoms with Crippen LogP contribution in [0.5, 0.6) is 0 Å². The summed E-state index contributed by atoms with van der Waals surface area (Å²) in [7, 11) is 0. The van der Waals surface area contributed by atoms with Gasteiger partial charge in [-0.3, -0.25) is 4.79 Å². The van der Waals surface area contributed by atoms with Gasteiger partial charge in [0.1, 0.15) is 0 Å². The number of rotatable bonds is 58. The lowest BCUT2D eigenvalue weighted by atomic mass is 10.0. The van der Waals surface area contributed by atoms with Crippen LogP contribution >= 0.6 is 0 Å². The first kappa shape index (κ1) is 68.8. The van der Waals surface area contributed by atoms with Crippen LogP contribution in [0, 0.1) is 0 Å². The number of carbonyl (C=O) groups excluding carboxylic acids is 1. The Morgan fingerprint density at radius 2 is 0.592 bits per heavy atom. The summed E-state index contributed by atoms with van der Waals surface area (Å²) in [5, 5.41) is 23.2. The van der Waals surface area contributed by atoms with Gasteiger partial charge in [0.25, 0.3) is 0 Å². The minimum Gasteiger partial charge on any atom is -0.394 e. The van der Waals surface area contributed by atoms with Crippen LogP contribution < -0.4 is 5.32 Å². The van der Waals surface area contributed by atoms with Crippen molar-refractivity contribution in [2.75, 3.05) is 6.61 Å². The van der Waals surface area contributed by atoms with E-state index < -0.39 is 12.1 Å². The largest absolute Gasteiger partial charge is 0.394 e. The van der Waals surface area contributed by atoms with Crippen LogP contribution in [0.2, 0.25) is 0 Å². The van der Waals surface area contributed by atoms with Gasteiger partial charge < -0.3 is 15.5 Å². The molecule has 0 heterocycles. The van der Waals surface area contributed by atoms with E-state index in [1.165, 1.54) is 257 Å². The number of aliphatic hydroxyl groups excluding tert-OH is 2. The first-order valence-electron chi connectivity index (χ1n) is 31.7. The Labute approximate surface area is 444 Å². The van der Waals surface area contributed by atoms with E-state index in [1.807, 2.05) is 6.08 Å². The van der Waals surface area contributed by atoms with Crippen molar-refractivity contribution in [1.82, 2.24) is 5.32 Å². The van der Waals surface area contributed by atoms with Crippen molar-refractivity contribution in [3.63, 3.8) is 0 Å². The maximum Gasteiger partial charge on any atom is 0.220 e. The van der Waals surface area contributed by atoms with E-state index in [0.717, 1.165) is 51.4 Å². The molecule has 3 N–H and O–H groups in total. The monoisotopic (exact) mass is 990 g/mol. The van der Waals surface area contributed by atoms with E-state index in [9.17, 15) is 15.0 Å². The summed E-state index contributed by atoms with van der Waals surface area (Å²) >= 11 is 0. The van der Waals surface area contributed by atoms with Crippen molar-refractivity contribution in [3.05, 3.63) is 72.9 Å². The van der Waals surface area contributed by atoms with Gasteiger partial charge in [-0.25, -0.2) is 0 Å². The van der Waals surface area contributed by atoms with E-state index in [4.69, 9.17) is 0 Å². The van der Waals surface area contributed by atoms with Gasteiger partial charge in [-0.2, -0.15) is 0 Å². The van der Waals surface area contributed by atoms with Crippen molar-refractivity contribution in [2.45, 2.75) is 341 Å². The molecule has 4 heteroatoms. The number of aliphatic hydroxyl groups is 2. The Balaban J connectivity index is 3.54. The van der Waals surface area contributed by atoms with Gasteiger partial charge in [0.05, 0.1) is 18.8 Å². The molecule has 0 aromatic rings. The molecule has 0 spiro atoms. The topological polar surface area (TPSA) is 69.6 Å². The molecular weight excluding hydrogens is 867 g/mol. The minimum absolute atomic E-state index is 0.0786. The molecule has 0 saturated carbocycles. The number of hydrogen-bond donors (Lipinski definition) is 3. The molecule has 2 atom stereocenters. The third-order valence-electron chi connectivity index (χ3n) is 14.4. The number of hydrogen-bond acceptors (Lipinski definition) is 3. The standard InChI is InChI=1S/C67H123NO3/c1-3-5-7-9-11-13-15-17-19-21-23-25-27-29-31-32-33-34-35-37-38-40-42-44-46-48-50-52-54-56-58-60-62-66(70)65(64-69)68-67(71)63-61-59-57-55-53-51-49-47-45-43-41-39-36-30-28-26-24-22-20-18-16-14-12-10-8-6-4-2/h16,18,22,24,28,30,44,46,52,54,60,62,65-66,69-70H,3-15,17,19-21,23,25-27,29,31-43,45,47-51,53,55-59,61,63-64H2,1-2H3,(H,68,71)/b18-16-,24-22-,30-28-,46-44+,54-52+,62-60+. The Hall–Kier alpha value is -2.17. The van der Waals surface area contributed by atoms with Gasteiger partial charge >= 0.3 is 0 Å². The Kier molecular flexibility index (Phi) is 60.2. The van der Waals surface area contributed by atoms with Gasteiger partial charge in [0, 0.05) is 6.42 Å². The highest BCUT2D eigenvalue weighted by atomic mass is 16.3. The molecule has 0 bridgehead atoms. The molecule has 0 aliphatic carbocycles. The van der Waals surface area contributed by atoms with E-state index in [2.05, 4.69) is 79.9 Å². The smallest absolute Gasteiger partial charge is 0.220 e. The van der Waals surface area contributed by atoms with Crippen molar-refractivity contribution >= 4 is 5.91 Å². The first-order valence-corrected chi connectivity index (χ1v) is 31.7. The highest BCUT2D eigenvalue weighted by molar-refractivity contribution is 5.76. The van der Waals surface area contributed by atoms with Crippen LogP contribution in [-0.4, -0.2) is 34.9 Å². The molecule has 1 amide bonds. The maximum atomic E-state index is 12.5. The second-order valence-corrected chi connectivity index (χ2v) is 21.5. The highest BCUT2D eigenvalue weighted by Gasteiger charge is 2.18. The summed E-state index contributed by atoms with van der Waals surface area (Å²) in [6, 6.07) is -0.652. The molecular formula is C67H123NO3. The molecule has 71 heavy (non-hydrogen) atoms. The van der Waals surface area contributed by atoms with E-state index in [1.54, 1.807) is 6.08 Å². The Morgan fingerprint density at radius 1 is 0.338 bits per heavy atom. The minimum atomic E-state index is -0.876. The van der Waals surface area contributed by atoms with Crippen LogP contribution in [-0.2, 0) is 4.79 Å². The lowest BCUT2D eigenvalue weighted by Gasteiger charge is -2.19. The molecule has 0 fully saturated rings. The number of nitrogens with one attached hydrogen (secondary N) is 1. The van der Waals surface area contributed by atoms with Crippen LogP contribution in [0.1, 0.15) is 328 Å². The lowest BCUT2D eigenvalue weighted by Crippen LogP contribution is -2.45. The zero-order valence-electron chi connectivity index (χ0n) is 47.7. The molecule has 0 aliphatic heterocycles. The normalized spacial score (nSPS) is 13.2. The molecule has 0 aromatic carbocycles. The first-order chi connectivity index (χ1) is 35.2. The predicted octanol–water partition coefficient (Wildman–Crippen LogP) is 21.3. The number of carbonyl (C=O) groups is 1. The summed E-state index contributed by atoms with van der Waals surface area (Å²) in [5.41, 5.74) is 0. The number of amides is 1. The van der Waals surface area contributed by atoms with Gasteiger partial charge in [0.2, 0.25) is 5.91 Å². The summed E-state index contributed by atoms with van der Waals surface area (Å²) in [5.74, 6) is -0.0786. The third kappa shape index (κ3) is 58.6. The zero-order chi connectivity index (χ0) is 51.3. The molecule has 4 nitrogen and oxygen atoms in total. The Bertz CT molecular complexity index is 1210.